The molecule has 2 aromatic carbocycles. The van der Waals surface area contributed by atoms with Gasteiger partial charge < -0.3 is 11.5 Å². The van der Waals surface area contributed by atoms with Crippen molar-refractivity contribution in [1.29, 1.82) is 0 Å². The second kappa shape index (κ2) is 4.53. The topological polar surface area (TPSA) is 69.1 Å². The Balaban J connectivity index is 2.43. The van der Waals surface area contributed by atoms with Gasteiger partial charge in [0.15, 0.2) is 5.78 Å². The van der Waals surface area contributed by atoms with E-state index in [-0.39, 0.29) is 5.78 Å². The molecule has 4 N–H and O–H groups in total. The average molecular weight is 240 g/mol. The predicted octanol–water partition coefficient (Wildman–Crippen LogP) is 2.70. The first-order valence-electron chi connectivity index (χ1n) is 5.76. The second-order valence-electron chi connectivity index (χ2n) is 4.47. The summed E-state index contributed by atoms with van der Waals surface area (Å²) in [5.41, 5.74) is 16.0. The van der Waals surface area contributed by atoms with Crippen molar-refractivity contribution in [1.82, 2.24) is 0 Å². The minimum absolute atomic E-state index is 0.0128. The number of ketones is 1. The summed E-state index contributed by atoms with van der Waals surface area (Å²) in [7, 11) is 0. The van der Waals surface area contributed by atoms with Crippen LogP contribution in [0.1, 0.15) is 27.0 Å². The number of hydrogen-bond donors (Lipinski definition) is 2. The number of nitrogens with two attached hydrogens (primary N) is 2. The first-order valence-corrected chi connectivity index (χ1v) is 5.76. The van der Waals surface area contributed by atoms with Gasteiger partial charge in [-0.1, -0.05) is 0 Å². The maximum absolute atomic E-state index is 12.3. The maximum Gasteiger partial charge on any atom is 0.193 e. The average Bonchev–Trinajstić information content (AvgIpc) is 2.35. The standard InChI is InChI=1S/C15H16N2O/c1-9-7-12(8-10(2)14(9)17)15(18)11-3-5-13(16)6-4-11/h3-8H,16-17H2,1-2H3. The summed E-state index contributed by atoms with van der Waals surface area (Å²) in [4.78, 5) is 12.3. The molecule has 0 aliphatic carbocycles. The van der Waals surface area contributed by atoms with E-state index in [0.717, 1.165) is 16.8 Å². The molecule has 3 nitrogen and oxygen atoms in total. The summed E-state index contributed by atoms with van der Waals surface area (Å²) in [6, 6.07) is 10.6. The molecule has 0 heterocycles. The molecule has 92 valence electrons. The van der Waals surface area contributed by atoms with E-state index in [4.69, 9.17) is 11.5 Å². The Labute approximate surface area is 106 Å². The number of nitrogen functional groups attached to an aromatic ring is 2. The lowest BCUT2D eigenvalue weighted by Gasteiger charge is -2.08. The maximum atomic E-state index is 12.3. The monoisotopic (exact) mass is 240 g/mol. The van der Waals surface area contributed by atoms with Crippen molar-refractivity contribution in [2.75, 3.05) is 11.5 Å². The fourth-order valence-corrected chi connectivity index (χ4v) is 1.91. The number of aryl methyl sites for hydroxylation is 2. The fourth-order valence-electron chi connectivity index (χ4n) is 1.91. The van der Waals surface area contributed by atoms with Gasteiger partial charge in [-0.05, 0) is 61.4 Å². The molecule has 0 bridgehead atoms. The molecule has 0 saturated carbocycles. The van der Waals surface area contributed by atoms with E-state index in [9.17, 15) is 4.79 Å². The number of carbonyl (C=O) groups is 1. The van der Waals surface area contributed by atoms with Crippen LogP contribution in [0.5, 0.6) is 0 Å². The first kappa shape index (κ1) is 12.2. The summed E-state index contributed by atoms with van der Waals surface area (Å²) in [6.45, 7) is 3.81. The Morgan fingerprint density at radius 2 is 1.39 bits per heavy atom. The highest BCUT2D eigenvalue weighted by Gasteiger charge is 2.11. The van der Waals surface area contributed by atoms with Crippen molar-refractivity contribution in [2.24, 2.45) is 0 Å². The van der Waals surface area contributed by atoms with Gasteiger partial charge in [0.1, 0.15) is 0 Å². The zero-order valence-corrected chi connectivity index (χ0v) is 10.5. The third kappa shape index (κ3) is 2.20. The smallest absolute Gasteiger partial charge is 0.193 e. The molecule has 0 saturated heterocycles. The number of rotatable bonds is 2. The minimum Gasteiger partial charge on any atom is -0.399 e. The van der Waals surface area contributed by atoms with Gasteiger partial charge >= 0.3 is 0 Å². The van der Waals surface area contributed by atoms with E-state index in [1.165, 1.54) is 0 Å². The van der Waals surface area contributed by atoms with Crippen molar-refractivity contribution < 1.29 is 4.79 Å². The zero-order chi connectivity index (χ0) is 13.3. The van der Waals surface area contributed by atoms with Crippen molar-refractivity contribution in [2.45, 2.75) is 13.8 Å². The summed E-state index contributed by atoms with van der Waals surface area (Å²) in [6.07, 6.45) is 0. The lowest BCUT2D eigenvalue weighted by molar-refractivity contribution is 0.103. The fraction of sp³-hybridized carbons (Fsp3) is 0.133. The van der Waals surface area contributed by atoms with Crippen LogP contribution in [0.25, 0.3) is 0 Å². The van der Waals surface area contributed by atoms with Crippen LogP contribution in [0.3, 0.4) is 0 Å². The lowest BCUT2D eigenvalue weighted by atomic mass is 9.98. The van der Waals surface area contributed by atoms with Crippen molar-refractivity contribution in [3.63, 3.8) is 0 Å². The van der Waals surface area contributed by atoms with Crippen molar-refractivity contribution in [3.8, 4) is 0 Å². The number of hydrogen-bond acceptors (Lipinski definition) is 3. The minimum atomic E-state index is -0.0128. The highest BCUT2D eigenvalue weighted by molar-refractivity contribution is 6.09. The van der Waals surface area contributed by atoms with Crippen molar-refractivity contribution in [3.05, 3.63) is 58.7 Å². The molecular formula is C15H16N2O. The molecule has 0 atom stereocenters. The van der Waals surface area contributed by atoms with Crippen LogP contribution in [-0.4, -0.2) is 5.78 Å². The molecule has 0 aromatic heterocycles. The molecule has 0 unspecified atom stereocenters. The van der Waals surface area contributed by atoms with Gasteiger partial charge in [0, 0.05) is 22.5 Å². The molecular weight excluding hydrogens is 224 g/mol. The van der Waals surface area contributed by atoms with Gasteiger partial charge in [-0.3, -0.25) is 4.79 Å². The lowest BCUT2D eigenvalue weighted by Crippen LogP contribution is -2.04. The SMILES string of the molecule is Cc1cc(C(=O)c2ccc(N)cc2)cc(C)c1N. The van der Waals surface area contributed by atoms with E-state index < -0.39 is 0 Å². The molecule has 18 heavy (non-hydrogen) atoms. The molecule has 0 fully saturated rings. The van der Waals surface area contributed by atoms with Gasteiger partial charge in [-0.2, -0.15) is 0 Å². The highest BCUT2D eigenvalue weighted by Crippen LogP contribution is 2.21. The summed E-state index contributed by atoms with van der Waals surface area (Å²) >= 11 is 0. The van der Waals surface area contributed by atoms with Gasteiger partial charge in [-0.25, -0.2) is 0 Å². The van der Waals surface area contributed by atoms with Crippen LogP contribution in [0.4, 0.5) is 11.4 Å². The van der Waals surface area contributed by atoms with Crippen molar-refractivity contribution >= 4 is 17.2 Å². The van der Waals surface area contributed by atoms with Gasteiger partial charge in [-0.15, -0.1) is 0 Å². The van der Waals surface area contributed by atoms with E-state index in [1.54, 1.807) is 24.3 Å². The van der Waals surface area contributed by atoms with Crippen LogP contribution in [0.15, 0.2) is 36.4 Å². The Bertz CT molecular complexity index is 577. The molecule has 0 spiro atoms. The largest absolute Gasteiger partial charge is 0.399 e. The molecule has 3 heteroatoms. The number of anilines is 2. The normalized spacial score (nSPS) is 10.3. The third-order valence-electron chi connectivity index (χ3n) is 3.03. The summed E-state index contributed by atoms with van der Waals surface area (Å²) in [5.74, 6) is -0.0128. The highest BCUT2D eigenvalue weighted by atomic mass is 16.1. The number of benzene rings is 2. The second-order valence-corrected chi connectivity index (χ2v) is 4.47. The summed E-state index contributed by atoms with van der Waals surface area (Å²) in [5, 5.41) is 0. The zero-order valence-electron chi connectivity index (χ0n) is 10.5. The molecule has 0 amide bonds. The summed E-state index contributed by atoms with van der Waals surface area (Å²) < 4.78 is 0. The van der Waals surface area contributed by atoms with Gasteiger partial charge in [0.05, 0.1) is 0 Å². The number of carbonyl (C=O) groups excluding carboxylic acids is 1. The van der Waals surface area contributed by atoms with E-state index in [0.29, 0.717) is 16.8 Å². The van der Waals surface area contributed by atoms with Crippen LogP contribution in [0, 0.1) is 13.8 Å². The molecule has 2 rings (SSSR count). The quantitative estimate of drug-likeness (QED) is 0.626. The molecule has 0 aliphatic rings. The predicted molar refractivity (Wildman–Crippen MR) is 74.6 cm³/mol. The van der Waals surface area contributed by atoms with Crippen LogP contribution in [0.2, 0.25) is 0 Å². The van der Waals surface area contributed by atoms with Gasteiger partial charge in [0.2, 0.25) is 0 Å². The van der Waals surface area contributed by atoms with Crippen LogP contribution in [-0.2, 0) is 0 Å². The van der Waals surface area contributed by atoms with E-state index in [2.05, 4.69) is 0 Å². The van der Waals surface area contributed by atoms with E-state index in [1.807, 2.05) is 26.0 Å². The van der Waals surface area contributed by atoms with E-state index >= 15 is 0 Å². The Hall–Kier alpha value is -2.29. The van der Waals surface area contributed by atoms with Crippen LogP contribution < -0.4 is 11.5 Å². The molecule has 0 radical (unpaired) electrons. The molecule has 2 aromatic rings. The van der Waals surface area contributed by atoms with Crippen LogP contribution >= 0.6 is 0 Å². The third-order valence-corrected chi connectivity index (χ3v) is 3.03. The van der Waals surface area contributed by atoms with Gasteiger partial charge in [0.25, 0.3) is 0 Å². The first-order chi connectivity index (χ1) is 8.49. The Kier molecular flexibility index (Phi) is 3.06. The Morgan fingerprint density at radius 3 is 1.89 bits per heavy atom. The molecule has 0 aliphatic heterocycles. The Morgan fingerprint density at radius 1 is 0.889 bits per heavy atom.